The number of hydrogen-bond donors (Lipinski definition) is 3. The second-order valence-corrected chi connectivity index (χ2v) is 8.59. The summed E-state index contributed by atoms with van der Waals surface area (Å²) in [5.74, 6) is -0.979. The number of thiophene rings is 1. The molecule has 1 aromatic carbocycles. The summed E-state index contributed by atoms with van der Waals surface area (Å²) in [6.07, 6.45) is 0.532. The van der Waals surface area contributed by atoms with Gasteiger partial charge in [-0.15, -0.1) is 11.3 Å². The zero-order valence-electron chi connectivity index (χ0n) is 16.1. The van der Waals surface area contributed by atoms with Gasteiger partial charge in [0.15, 0.2) is 0 Å². The van der Waals surface area contributed by atoms with Crippen LogP contribution >= 0.6 is 22.9 Å². The summed E-state index contributed by atoms with van der Waals surface area (Å²) in [5, 5.41) is 10.1. The van der Waals surface area contributed by atoms with Crippen LogP contribution < -0.4 is 16.0 Å². The molecule has 1 atom stereocenters. The van der Waals surface area contributed by atoms with E-state index in [1.165, 1.54) is 16.2 Å². The lowest BCUT2D eigenvalue weighted by molar-refractivity contribution is -0.136. The molecule has 3 N–H and O–H groups in total. The molecule has 2 aliphatic heterocycles. The van der Waals surface area contributed by atoms with Gasteiger partial charge in [0.05, 0.1) is 12.1 Å². The number of imide groups is 1. The lowest BCUT2D eigenvalue weighted by Crippen LogP contribution is -2.52. The zero-order chi connectivity index (χ0) is 21.4. The van der Waals surface area contributed by atoms with Crippen molar-refractivity contribution in [2.75, 3.05) is 5.32 Å². The molecule has 3 heterocycles. The Morgan fingerprint density at radius 1 is 1.33 bits per heavy atom. The quantitative estimate of drug-likeness (QED) is 0.627. The molecular formula is C20H19ClN4O4S. The van der Waals surface area contributed by atoms with E-state index in [4.69, 9.17) is 11.6 Å². The van der Waals surface area contributed by atoms with Gasteiger partial charge in [-0.2, -0.15) is 0 Å². The van der Waals surface area contributed by atoms with Gasteiger partial charge in [-0.05, 0) is 36.6 Å². The molecule has 0 radical (unpaired) electrons. The summed E-state index contributed by atoms with van der Waals surface area (Å²) in [6.45, 7) is 2.42. The van der Waals surface area contributed by atoms with Crippen LogP contribution in [0.15, 0.2) is 23.6 Å². The number of urea groups is 1. The SMILES string of the molecule is Cc1ccc(NC(=O)NCc2scc3c2CN(C2CCC(=O)NC2=O)C3=O)cc1Cl. The normalized spacial score (nSPS) is 18.3. The van der Waals surface area contributed by atoms with Gasteiger partial charge in [-0.25, -0.2) is 4.79 Å². The Labute approximate surface area is 181 Å². The van der Waals surface area contributed by atoms with Crippen LogP contribution in [0.25, 0.3) is 0 Å². The maximum Gasteiger partial charge on any atom is 0.319 e. The summed E-state index contributed by atoms with van der Waals surface area (Å²) < 4.78 is 0. The Bertz CT molecular complexity index is 1070. The molecule has 0 aliphatic carbocycles. The number of aryl methyl sites for hydroxylation is 1. The number of carbonyl (C=O) groups excluding carboxylic acids is 4. The van der Waals surface area contributed by atoms with Crippen LogP contribution in [0, 0.1) is 6.92 Å². The molecule has 1 fully saturated rings. The van der Waals surface area contributed by atoms with Crippen LogP contribution in [0.3, 0.4) is 0 Å². The van der Waals surface area contributed by atoms with Crippen LogP contribution in [0.5, 0.6) is 0 Å². The Hall–Kier alpha value is -2.91. The molecule has 8 nitrogen and oxygen atoms in total. The molecule has 156 valence electrons. The summed E-state index contributed by atoms with van der Waals surface area (Å²) in [5.41, 5.74) is 2.86. The highest BCUT2D eigenvalue weighted by atomic mass is 35.5. The first-order chi connectivity index (χ1) is 14.3. The number of fused-ring (bicyclic) bond motifs is 1. The Morgan fingerprint density at radius 2 is 2.13 bits per heavy atom. The van der Waals surface area contributed by atoms with Crippen molar-refractivity contribution in [3.05, 3.63) is 50.2 Å². The molecule has 1 aromatic heterocycles. The van der Waals surface area contributed by atoms with Crippen molar-refractivity contribution < 1.29 is 19.2 Å². The third-order valence-electron chi connectivity index (χ3n) is 5.23. The maximum absolute atomic E-state index is 12.7. The average Bonchev–Trinajstić information content (AvgIpc) is 3.23. The minimum Gasteiger partial charge on any atom is -0.333 e. The summed E-state index contributed by atoms with van der Waals surface area (Å²) in [7, 11) is 0. The number of anilines is 1. The van der Waals surface area contributed by atoms with Crippen molar-refractivity contribution in [1.82, 2.24) is 15.5 Å². The van der Waals surface area contributed by atoms with Crippen molar-refractivity contribution in [2.24, 2.45) is 0 Å². The number of amides is 5. The van der Waals surface area contributed by atoms with Gasteiger partial charge < -0.3 is 15.5 Å². The second-order valence-electron chi connectivity index (χ2n) is 7.22. The molecular weight excluding hydrogens is 428 g/mol. The fourth-order valence-corrected chi connectivity index (χ4v) is 4.71. The third-order valence-corrected chi connectivity index (χ3v) is 6.66. The molecule has 30 heavy (non-hydrogen) atoms. The van der Waals surface area contributed by atoms with E-state index in [0.717, 1.165) is 16.0 Å². The lowest BCUT2D eigenvalue weighted by Gasteiger charge is -2.29. The Kier molecular flexibility index (Phi) is 5.48. The topological polar surface area (TPSA) is 108 Å². The summed E-state index contributed by atoms with van der Waals surface area (Å²) >= 11 is 7.47. The zero-order valence-corrected chi connectivity index (χ0v) is 17.7. The highest BCUT2D eigenvalue weighted by Gasteiger charge is 2.40. The third kappa shape index (κ3) is 3.90. The Balaban J connectivity index is 1.39. The first-order valence-electron chi connectivity index (χ1n) is 9.38. The largest absolute Gasteiger partial charge is 0.333 e. The molecule has 0 saturated carbocycles. The van der Waals surface area contributed by atoms with E-state index in [-0.39, 0.29) is 37.4 Å². The van der Waals surface area contributed by atoms with Gasteiger partial charge in [0.25, 0.3) is 5.91 Å². The van der Waals surface area contributed by atoms with Crippen LogP contribution in [0.4, 0.5) is 10.5 Å². The average molecular weight is 447 g/mol. The van der Waals surface area contributed by atoms with Gasteiger partial charge in [0.1, 0.15) is 6.04 Å². The molecule has 0 spiro atoms. The number of halogens is 1. The van der Waals surface area contributed by atoms with Crippen molar-refractivity contribution in [3.63, 3.8) is 0 Å². The number of nitrogens with one attached hydrogen (secondary N) is 3. The van der Waals surface area contributed by atoms with Gasteiger partial charge in [0.2, 0.25) is 11.8 Å². The van der Waals surface area contributed by atoms with Gasteiger partial charge in [0, 0.05) is 33.9 Å². The van der Waals surface area contributed by atoms with Crippen LogP contribution in [0.2, 0.25) is 5.02 Å². The molecule has 4 rings (SSSR count). The van der Waals surface area contributed by atoms with Crippen LogP contribution in [-0.2, 0) is 22.7 Å². The highest BCUT2D eigenvalue weighted by molar-refractivity contribution is 7.10. The lowest BCUT2D eigenvalue weighted by atomic mass is 10.0. The smallest absolute Gasteiger partial charge is 0.319 e. The van der Waals surface area contributed by atoms with E-state index < -0.39 is 11.9 Å². The van der Waals surface area contributed by atoms with Crippen molar-refractivity contribution >= 4 is 52.4 Å². The highest BCUT2D eigenvalue weighted by Crippen LogP contribution is 2.33. The minimum absolute atomic E-state index is 0.213. The molecule has 2 aliphatic rings. The van der Waals surface area contributed by atoms with Crippen molar-refractivity contribution in [2.45, 2.75) is 38.9 Å². The summed E-state index contributed by atoms with van der Waals surface area (Å²) in [4.78, 5) is 50.8. The first kappa shape index (κ1) is 20.4. The first-order valence-corrected chi connectivity index (χ1v) is 10.6. The number of nitrogens with zero attached hydrogens (tertiary/aromatic N) is 1. The van der Waals surface area contributed by atoms with E-state index in [1.807, 2.05) is 13.0 Å². The van der Waals surface area contributed by atoms with Crippen LogP contribution in [-0.4, -0.2) is 34.7 Å². The molecule has 5 amide bonds. The summed E-state index contributed by atoms with van der Waals surface area (Å²) in [6, 6.07) is 4.22. The fraction of sp³-hybridized carbons (Fsp3) is 0.300. The van der Waals surface area contributed by atoms with E-state index in [0.29, 0.717) is 22.7 Å². The maximum atomic E-state index is 12.7. The molecule has 0 bridgehead atoms. The number of rotatable bonds is 4. The van der Waals surface area contributed by atoms with E-state index in [9.17, 15) is 19.2 Å². The number of benzene rings is 1. The predicted octanol–water partition coefficient (Wildman–Crippen LogP) is 2.79. The monoisotopic (exact) mass is 446 g/mol. The molecule has 10 heteroatoms. The van der Waals surface area contributed by atoms with Gasteiger partial charge >= 0.3 is 6.03 Å². The molecule has 1 unspecified atom stereocenters. The van der Waals surface area contributed by atoms with Crippen molar-refractivity contribution in [1.29, 1.82) is 0 Å². The number of piperidine rings is 1. The standard InChI is InChI=1S/C20H19ClN4O4S/c1-10-2-3-11(6-14(10)21)23-20(29)22-7-16-12-8-25(19(28)13(12)9-30-16)15-4-5-17(26)24-18(15)27/h2-3,6,9,15H,4-5,7-8H2,1H3,(H2,22,23,29)(H,24,26,27). The van der Waals surface area contributed by atoms with Crippen molar-refractivity contribution in [3.8, 4) is 0 Å². The number of carbonyl (C=O) groups is 4. The fourth-order valence-electron chi connectivity index (χ4n) is 3.56. The van der Waals surface area contributed by atoms with E-state index in [1.54, 1.807) is 17.5 Å². The number of hydrogen-bond acceptors (Lipinski definition) is 5. The molecule has 1 saturated heterocycles. The Morgan fingerprint density at radius 3 is 2.87 bits per heavy atom. The van der Waals surface area contributed by atoms with Gasteiger partial charge in [-0.3, -0.25) is 19.7 Å². The minimum atomic E-state index is -0.650. The predicted molar refractivity (Wildman–Crippen MR) is 112 cm³/mol. The van der Waals surface area contributed by atoms with Gasteiger partial charge in [-0.1, -0.05) is 17.7 Å². The molecule has 2 aromatic rings. The second kappa shape index (κ2) is 8.08. The van der Waals surface area contributed by atoms with E-state index >= 15 is 0 Å². The van der Waals surface area contributed by atoms with Crippen LogP contribution in [0.1, 0.15) is 39.2 Å². The van der Waals surface area contributed by atoms with E-state index in [2.05, 4.69) is 16.0 Å².